The molecule has 1 unspecified atom stereocenters. The van der Waals surface area contributed by atoms with E-state index in [0.29, 0.717) is 24.5 Å². The van der Waals surface area contributed by atoms with Crippen molar-refractivity contribution in [2.75, 3.05) is 13.2 Å². The van der Waals surface area contributed by atoms with E-state index in [9.17, 15) is 8.78 Å². The van der Waals surface area contributed by atoms with Crippen molar-refractivity contribution in [3.63, 3.8) is 0 Å². The Hall–Kier alpha value is -1.68. The molecule has 0 aromatic heterocycles. The van der Waals surface area contributed by atoms with Gasteiger partial charge in [-0.3, -0.25) is 0 Å². The molecule has 32 heavy (non-hydrogen) atoms. The fourth-order valence-corrected chi connectivity index (χ4v) is 4.87. The van der Waals surface area contributed by atoms with Crippen LogP contribution in [0.15, 0.2) is 30.4 Å². The van der Waals surface area contributed by atoms with Gasteiger partial charge < -0.3 is 9.47 Å². The van der Waals surface area contributed by atoms with E-state index in [1.807, 2.05) is 6.08 Å². The molecule has 1 aromatic rings. The second-order valence-corrected chi connectivity index (χ2v) is 9.34. The summed E-state index contributed by atoms with van der Waals surface area (Å²) in [5.74, 6) is -0.318. The zero-order chi connectivity index (χ0) is 22.8. The van der Waals surface area contributed by atoms with Crippen LogP contribution >= 0.6 is 0 Å². The van der Waals surface area contributed by atoms with Crippen LogP contribution in [0.4, 0.5) is 8.78 Å². The van der Waals surface area contributed by atoms with Gasteiger partial charge in [-0.05, 0) is 94.3 Å². The SMILES string of the molecule is CCCCCC=CC1CCC(COC2CC=C(c3ccc(OCC)c(F)c3F)CC2)CC1. The molecule has 1 atom stereocenters. The number of benzene rings is 1. The van der Waals surface area contributed by atoms with Crippen molar-refractivity contribution >= 4 is 5.57 Å². The van der Waals surface area contributed by atoms with Crippen molar-refractivity contribution in [3.05, 3.63) is 47.6 Å². The maximum atomic E-state index is 14.5. The van der Waals surface area contributed by atoms with Crippen LogP contribution in [-0.2, 0) is 4.74 Å². The Bertz CT molecular complexity index is 763. The minimum atomic E-state index is -0.893. The van der Waals surface area contributed by atoms with Gasteiger partial charge in [-0.1, -0.05) is 38.0 Å². The first-order valence-electron chi connectivity index (χ1n) is 12.7. The molecule has 1 saturated carbocycles. The second-order valence-electron chi connectivity index (χ2n) is 9.34. The Morgan fingerprint density at radius 1 is 1.00 bits per heavy atom. The molecule has 4 heteroatoms. The van der Waals surface area contributed by atoms with Crippen LogP contribution in [0.25, 0.3) is 5.57 Å². The van der Waals surface area contributed by atoms with Gasteiger partial charge >= 0.3 is 0 Å². The Morgan fingerprint density at radius 2 is 1.81 bits per heavy atom. The van der Waals surface area contributed by atoms with Gasteiger partial charge in [-0.15, -0.1) is 0 Å². The van der Waals surface area contributed by atoms with Gasteiger partial charge in [-0.2, -0.15) is 4.39 Å². The highest BCUT2D eigenvalue weighted by atomic mass is 19.2. The summed E-state index contributed by atoms with van der Waals surface area (Å²) in [5, 5.41) is 0. The number of unbranched alkanes of at least 4 members (excludes halogenated alkanes) is 3. The molecule has 178 valence electrons. The Morgan fingerprint density at radius 3 is 2.50 bits per heavy atom. The van der Waals surface area contributed by atoms with Gasteiger partial charge in [0.1, 0.15) is 0 Å². The second kappa shape index (κ2) is 13.1. The first kappa shape index (κ1) is 25.0. The average Bonchev–Trinajstić information content (AvgIpc) is 2.82. The molecule has 1 fully saturated rings. The smallest absolute Gasteiger partial charge is 0.201 e. The predicted octanol–water partition coefficient (Wildman–Crippen LogP) is 8.26. The number of hydrogen-bond donors (Lipinski definition) is 0. The molecule has 0 heterocycles. The van der Waals surface area contributed by atoms with Crippen molar-refractivity contribution in [1.29, 1.82) is 0 Å². The molecule has 1 aromatic carbocycles. The van der Waals surface area contributed by atoms with Gasteiger partial charge in [0.2, 0.25) is 5.82 Å². The molecular formula is C28H40F2O2. The third kappa shape index (κ3) is 7.16. The first-order chi connectivity index (χ1) is 15.6. The summed E-state index contributed by atoms with van der Waals surface area (Å²) in [6.07, 6.45) is 19.6. The fourth-order valence-electron chi connectivity index (χ4n) is 4.87. The third-order valence-corrected chi connectivity index (χ3v) is 6.90. The predicted molar refractivity (Wildman–Crippen MR) is 128 cm³/mol. The van der Waals surface area contributed by atoms with Crippen molar-refractivity contribution in [1.82, 2.24) is 0 Å². The Kier molecular flexibility index (Phi) is 10.2. The average molecular weight is 447 g/mol. The third-order valence-electron chi connectivity index (χ3n) is 6.90. The maximum Gasteiger partial charge on any atom is 0.201 e. The van der Waals surface area contributed by atoms with Crippen molar-refractivity contribution in [3.8, 4) is 5.75 Å². The van der Waals surface area contributed by atoms with Crippen LogP contribution < -0.4 is 4.74 Å². The number of halogens is 2. The molecule has 0 saturated heterocycles. The lowest BCUT2D eigenvalue weighted by Crippen LogP contribution is -2.23. The van der Waals surface area contributed by atoms with Crippen molar-refractivity contribution in [2.24, 2.45) is 11.8 Å². The van der Waals surface area contributed by atoms with E-state index in [-0.39, 0.29) is 11.9 Å². The largest absolute Gasteiger partial charge is 0.491 e. The van der Waals surface area contributed by atoms with Crippen molar-refractivity contribution < 1.29 is 18.3 Å². The maximum absolute atomic E-state index is 14.5. The lowest BCUT2D eigenvalue weighted by Gasteiger charge is -2.29. The van der Waals surface area contributed by atoms with E-state index in [1.165, 1.54) is 57.4 Å². The quantitative estimate of drug-likeness (QED) is 0.252. The summed E-state index contributed by atoms with van der Waals surface area (Å²) >= 11 is 0. The van der Waals surface area contributed by atoms with E-state index >= 15 is 0 Å². The summed E-state index contributed by atoms with van der Waals surface area (Å²) in [6, 6.07) is 3.16. The van der Waals surface area contributed by atoms with Crippen LogP contribution in [0.1, 0.15) is 90.0 Å². The van der Waals surface area contributed by atoms with E-state index in [0.717, 1.165) is 30.9 Å². The Balaban J connectivity index is 1.40. The molecule has 0 aliphatic heterocycles. The topological polar surface area (TPSA) is 18.5 Å². The number of rotatable bonds is 11. The summed E-state index contributed by atoms with van der Waals surface area (Å²) in [5.41, 5.74) is 1.22. The molecule has 0 amide bonds. The van der Waals surface area contributed by atoms with Crippen LogP contribution in [0.2, 0.25) is 0 Å². The molecule has 0 bridgehead atoms. The monoisotopic (exact) mass is 446 g/mol. The lowest BCUT2D eigenvalue weighted by molar-refractivity contribution is 0.0149. The highest BCUT2D eigenvalue weighted by Gasteiger charge is 2.24. The highest BCUT2D eigenvalue weighted by molar-refractivity contribution is 5.67. The fraction of sp³-hybridized carbons (Fsp3) is 0.643. The molecule has 3 rings (SSSR count). The zero-order valence-electron chi connectivity index (χ0n) is 19.9. The molecule has 0 spiro atoms. The van der Waals surface area contributed by atoms with Crippen LogP contribution in [-0.4, -0.2) is 19.3 Å². The van der Waals surface area contributed by atoms with E-state index in [4.69, 9.17) is 9.47 Å². The summed E-state index contributed by atoms with van der Waals surface area (Å²) in [6.45, 7) is 5.15. The first-order valence-corrected chi connectivity index (χ1v) is 12.7. The summed E-state index contributed by atoms with van der Waals surface area (Å²) in [4.78, 5) is 0. The van der Waals surface area contributed by atoms with E-state index < -0.39 is 11.6 Å². The number of ether oxygens (including phenoxy) is 2. The molecule has 0 radical (unpaired) electrons. The van der Waals surface area contributed by atoms with Gasteiger partial charge in [0, 0.05) is 12.2 Å². The van der Waals surface area contributed by atoms with Gasteiger partial charge in [0.15, 0.2) is 11.6 Å². The molecule has 0 N–H and O–H groups in total. The minimum absolute atomic E-state index is 0.0203. The van der Waals surface area contributed by atoms with Gasteiger partial charge in [0.25, 0.3) is 0 Å². The molecule has 2 aliphatic rings. The molecular weight excluding hydrogens is 406 g/mol. The normalized spacial score (nSPS) is 24.0. The van der Waals surface area contributed by atoms with Crippen molar-refractivity contribution in [2.45, 2.75) is 90.6 Å². The van der Waals surface area contributed by atoms with Crippen LogP contribution in [0.3, 0.4) is 0 Å². The summed E-state index contributed by atoms with van der Waals surface area (Å²) in [7, 11) is 0. The Labute approximate surface area is 193 Å². The lowest BCUT2D eigenvalue weighted by atomic mass is 9.82. The zero-order valence-corrected chi connectivity index (χ0v) is 19.9. The van der Waals surface area contributed by atoms with Gasteiger partial charge in [0.05, 0.1) is 12.7 Å². The van der Waals surface area contributed by atoms with Crippen LogP contribution in [0, 0.1) is 23.5 Å². The standard InChI is InChI=1S/C28H40F2O2/c1-3-5-6-7-8-9-21-10-12-22(13-11-21)20-32-24-16-14-23(15-17-24)25-18-19-26(31-4-2)28(30)27(25)29/h8-9,14,18-19,21-22,24H,3-7,10-13,15-17,20H2,1-2H3. The molecule has 2 aliphatic carbocycles. The minimum Gasteiger partial charge on any atom is -0.491 e. The summed E-state index contributed by atoms with van der Waals surface area (Å²) < 4.78 is 40.1. The van der Waals surface area contributed by atoms with Crippen LogP contribution in [0.5, 0.6) is 5.75 Å². The molecule has 2 nitrogen and oxygen atoms in total. The highest BCUT2D eigenvalue weighted by Crippen LogP contribution is 2.34. The van der Waals surface area contributed by atoms with E-state index in [2.05, 4.69) is 19.1 Å². The number of allylic oxidation sites excluding steroid dienone is 3. The number of hydrogen-bond acceptors (Lipinski definition) is 2. The van der Waals surface area contributed by atoms with E-state index in [1.54, 1.807) is 13.0 Å². The van der Waals surface area contributed by atoms with Gasteiger partial charge in [-0.25, -0.2) is 4.39 Å².